The molecule has 1 fully saturated rings. The molecule has 2 aromatic heterocycles. The molecule has 0 bridgehead atoms. The largest absolute Gasteiger partial charge is 0.397 e. The molecule has 3 N–H and O–H groups in total. The smallest absolute Gasteiger partial charge is 0.146 e. The van der Waals surface area contributed by atoms with Crippen LogP contribution in [0.2, 0.25) is 0 Å². The van der Waals surface area contributed by atoms with Gasteiger partial charge in [-0.15, -0.1) is 11.3 Å². The third-order valence-electron chi connectivity index (χ3n) is 3.07. The Morgan fingerprint density at radius 2 is 2.37 bits per heavy atom. The van der Waals surface area contributed by atoms with Crippen molar-refractivity contribution in [3.63, 3.8) is 0 Å². The highest BCUT2D eigenvalue weighted by atomic mass is 32.1. The van der Waals surface area contributed by atoms with Crippen molar-refractivity contribution >= 4 is 22.8 Å². The minimum atomic E-state index is 0.418. The zero-order valence-electron chi connectivity index (χ0n) is 10.3. The lowest BCUT2D eigenvalue weighted by atomic mass is 10.2. The highest BCUT2D eigenvalue weighted by Gasteiger charge is 2.22. The maximum Gasteiger partial charge on any atom is 0.146 e. The topological polar surface area (TPSA) is 87.6 Å². The van der Waals surface area contributed by atoms with Crippen LogP contribution in [0.1, 0.15) is 18.4 Å². The van der Waals surface area contributed by atoms with Crippen LogP contribution in [0.4, 0.5) is 11.5 Å². The highest BCUT2D eigenvalue weighted by molar-refractivity contribution is 7.13. The Hall–Kier alpha value is -2.13. The van der Waals surface area contributed by atoms with E-state index in [0.29, 0.717) is 28.7 Å². The number of thiazole rings is 1. The van der Waals surface area contributed by atoms with Crippen LogP contribution in [-0.2, 0) is 0 Å². The second kappa shape index (κ2) is 4.86. The quantitative estimate of drug-likeness (QED) is 0.892. The third kappa shape index (κ3) is 2.51. The lowest BCUT2D eigenvalue weighted by Crippen LogP contribution is -2.09. The van der Waals surface area contributed by atoms with Gasteiger partial charge in [-0.2, -0.15) is 5.26 Å². The average molecular weight is 271 g/mol. The fourth-order valence-corrected chi connectivity index (χ4v) is 2.43. The lowest BCUT2D eigenvalue weighted by Gasteiger charge is -2.10. The summed E-state index contributed by atoms with van der Waals surface area (Å²) < 4.78 is 0. The van der Waals surface area contributed by atoms with Crippen LogP contribution < -0.4 is 11.1 Å². The summed E-state index contributed by atoms with van der Waals surface area (Å²) in [5.41, 5.74) is 7.51. The minimum absolute atomic E-state index is 0.418. The van der Waals surface area contributed by atoms with Gasteiger partial charge in [0, 0.05) is 18.1 Å². The van der Waals surface area contributed by atoms with Gasteiger partial charge in [0.25, 0.3) is 0 Å². The Morgan fingerprint density at radius 3 is 3.00 bits per heavy atom. The van der Waals surface area contributed by atoms with E-state index in [1.54, 1.807) is 12.3 Å². The number of aromatic nitrogens is 2. The Balaban J connectivity index is 1.96. The fourth-order valence-electron chi connectivity index (χ4n) is 1.83. The van der Waals surface area contributed by atoms with E-state index in [1.807, 2.05) is 5.38 Å². The molecule has 0 unspecified atom stereocenters. The first-order valence-electron chi connectivity index (χ1n) is 6.12. The van der Waals surface area contributed by atoms with Crippen molar-refractivity contribution in [1.82, 2.24) is 9.97 Å². The zero-order chi connectivity index (χ0) is 13.2. The summed E-state index contributed by atoms with van der Waals surface area (Å²) in [6.07, 6.45) is 4.22. The second-order valence-corrected chi connectivity index (χ2v) is 5.49. The molecule has 0 atom stereocenters. The molecular weight excluding hydrogens is 258 g/mol. The molecule has 1 saturated carbocycles. The number of nitrogens with zero attached hydrogens (tertiary/aromatic N) is 3. The highest BCUT2D eigenvalue weighted by Crippen LogP contribution is 2.31. The molecule has 5 nitrogen and oxygen atoms in total. The van der Waals surface area contributed by atoms with E-state index in [2.05, 4.69) is 21.4 Å². The third-order valence-corrected chi connectivity index (χ3v) is 3.86. The van der Waals surface area contributed by atoms with E-state index >= 15 is 0 Å². The number of hydrogen-bond acceptors (Lipinski definition) is 6. The molecule has 0 aliphatic heterocycles. The summed E-state index contributed by atoms with van der Waals surface area (Å²) in [5, 5.41) is 15.1. The predicted octanol–water partition coefficient (Wildman–Crippen LogP) is 2.48. The Morgan fingerprint density at radius 1 is 1.53 bits per heavy atom. The van der Waals surface area contributed by atoms with E-state index in [-0.39, 0.29) is 0 Å². The molecule has 1 aliphatic rings. The molecule has 0 amide bonds. The molecule has 0 radical (unpaired) electrons. The first-order valence-corrected chi connectivity index (χ1v) is 7.00. The van der Waals surface area contributed by atoms with Crippen molar-refractivity contribution < 1.29 is 0 Å². The molecule has 2 aromatic rings. The van der Waals surface area contributed by atoms with E-state index in [9.17, 15) is 5.26 Å². The lowest BCUT2D eigenvalue weighted by molar-refractivity contribution is 0.882. The fraction of sp³-hybridized carbons (Fsp3) is 0.308. The van der Waals surface area contributed by atoms with Crippen LogP contribution in [0.15, 0.2) is 17.6 Å². The van der Waals surface area contributed by atoms with Crippen LogP contribution in [0, 0.1) is 17.2 Å². The SMILES string of the molecule is N#Cc1c(N)cc(-c2nccs2)nc1NCC1CC1. The van der Waals surface area contributed by atoms with Gasteiger partial charge < -0.3 is 11.1 Å². The monoisotopic (exact) mass is 271 g/mol. The van der Waals surface area contributed by atoms with E-state index in [1.165, 1.54) is 24.2 Å². The zero-order valence-corrected chi connectivity index (χ0v) is 11.1. The summed E-state index contributed by atoms with van der Waals surface area (Å²) in [4.78, 5) is 8.70. The van der Waals surface area contributed by atoms with Crippen molar-refractivity contribution in [3.8, 4) is 16.8 Å². The maximum absolute atomic E-state index is 9.18. The van der Waals surface area contributed by atoms with Gasteiger partial charge in [0.15, 0.2) is 0 Å². The molecular formula is C13H13N5S. The van der Waals surface area contributed by atoms with E-state index in [0.717, 1.165) is 11.6 Å². The predicted molar refractivity (Wildman–Crippen MR) is 75.7 cm³/mol. The Kier molecular flexibility index (Phi) is 3.05. The Bertz CT molecular complexity index is 625. The number of nitrogen functional groups attached to an aromatic ring is 1. The molecule has 3 rings (SSSR count). The van der Waals surface area contributed by atoms with Crippen LogP contribution in [0.3, 0.4) is 0 Å². The molecule has 96 valence electrons. The van der Waals surface area contributed by atoms with E-state index in [4.69, 9.17) is 5.73 Å². The molecule has 1 aliphatic carbocycles. The van der Waals surface area contributed by atoms with Gasteiger partial charge in [-0.05, 0) is 24.8 Å². The summed E-state index contributed by atoms with van der Waals surface area (Å²) in [5.74, 6) is 1.28. The summed E-state index contributed by atoms with van der Waals surface area (Å²) in [6, 6.07) is 3.82. The number of nitrogens with one attached hydrogen (secondary N) is 1. The molecule has 19 heavy (non-hydrogen) atoms. The number of anilines is 2. The number of rotatable bonds is 4. The molecule has 0 saturated heterocycles. The summed E-state index contributed by atoms with van der Waals surface area (Å²) in [6.45, 7) is 0.850. The Labute approximate surface area is 115 Å². The normalized spacial score (nSPS) is 14.1. The van der Waals surface area contributed by atoms with Gasteiger partial charge in [-0.1, -0.05) is 0 Å². The van der Waals surface area contributed by atoms with Gasteiger partial charge in [-0.3, -0.25) is 0 Å². The van der Waals surface area contributed by atoms with Crippen LogP contribution in [-0.4, -0.2) is 16.5 Å². The number of pyridine rings is 1. The van der Waals surface area contributed by atoms with Crippen LogP contribution >= 0.6 is 11.3 Å². The first kappa shape index (κ1) is 11.9. The van der Waals surface area contributed by atoms with Crippen molar-refractivity contribution in [1.29, 1.82) is 5.26 Å². The standard InChI is InChI=1S/C13H13N5S/c14-6-9-10(15)5-11(13-16-3-4-19-13)18-12(9)17-7-8-1-2-8/h3-5,8H,1-2,7H2,(H3,15,17,18). The van der Waals surface area contributed by atoms with Gasteiger partial charge in [-0.25, -0.2) is 9.97 Å². The average Bonchev–Trinajstić information content (AvgIpc) is 3.07. The maximum atomic E-state index is 9.18. The van der Waals surface area contributed by atoms with Crippen molar-refractivity contribution in [2.75, 3.05) is 17.6 Å². The second-order valence-electron chi connectivity index (χ2n) is 4.59. The number of hydrogen-bond donors (Lipinski definition) is 2. The van der Waals surface area contributed by atoms with Gasteiger partial charge >= 0.3 is 0 Å². The molecule has 0 spiro atoms. The van der Waals surface area contributed by atoms with Crippen LogP contribution in [0.25, 0.3) is 10.7 Å². The van der Waals surface area contributed by atoms with Crippen molar-refractivity contribution in [3.05, 3.63) is 23.2 Å². The van der Waals surface area contributed by atoms with Gasteiger partial charge in [0.2, 0.25) is 0 Å². The van der Waals surface area contributed by atoms with Crippen molar-refractivity contribution in [2.45, 2.75) is 12.8 Å². The first-order chi connectivity index (χ1) is 9.28. The molecule has 0 aromatic carbocycles. The number of nitriles is 1. The summed E-state index contributed by atoms with van der Waals surface area (Å²) >= 11 is 1.50. The van der Waals surface area contributed by atoms with Crippen molar-refractivity contribution in [2.24, 2.45) is 5.92 Å². The molecule has 2 heterocycles. The molecule has 6 heteroatoms. The minimum Gasteiger partial charge on any atom is -0.397 e. The van der Waals surface area contributed by atoms with Crippen LogP contribution in [0.5, 0.6) is 0 Å². The summed E-state index contributed by atoms with van der Waals surface area (Å²) in [7, 11) is 0. The van der Waals surface area contributed by atoms with E-state index < -0.39 is 0 Å². The van der Waals surface area contributed by atoms with Gasteiger partial charge in [0.1, 0.15) is 28.2 Å². The van der Waals surface area contributed by atoms with Gasteiger partial charge in [0.05, 0.1) is 5.69 Å². The number of nitrogens with two attached hydrogens (primary N) is 1.